The molecule has 0 aliphatic rings. The molecule has 3 N–H and O–H groups in total. The first-order valence-electron chi connectivity index (χ1n) is 8.02. The lowest BCUT2D eigenvalue weighted by molar-refractivity contribution is 0.0956. The van der Waals surface area contributed by atoms with Gasteiger partial charge in [-0.05, 0) is 44.9 Å². The van der Waals surface area contributed by atoms with Crippen molar-refractivity contribution in [2.45, 2.75) is 46.7 Å². The first kappa shape index (κ1) is 21.7. The molecule has 0 aromatic heterocycles. The van der Waals surface area contributed by atoms with Gasteiger partial charge in [0.2, 0.25) is 0 Å². The number of hydrogen-bond donors (Lipinski definition) is 3. The molecule has 0 heterocycles. The maximum atomic E-state index is 11.7. The number of nitrogens with zero attached hydrogens (tertiary/aromatic N) is 1. The highest BCUT2D eigenvalue weighted by Crippen LogP contribution is 2.06. The summed E-state index contributed by atoms with van der Waals surface area (Å²) in [5.41, 5.74) is 1.76. The minimum atomic E-state index is -0.0377. The van der Waals surface area contributed by atoms with E-state index in [1.807, 2.05) is 31.2 Å². The van der Waals surface area contributed by atoms with Crippen molar-refractivity contribution in [1.82, 2.24) is 16.0 Å². The maximum Gasteiger partial charge on any atom is 0.251 e. The minimum absolute atomic E-state index is 0. The third-order valence-electron chi connectivity index (χ3n) is 3.31. The van der Waals surface area contributed by atoms with Crippen molar-refractivity contribution in [2.24, 2.45) is 4.99 Å². The molecule has 0 bridgehead atoms. The van der Waals surface area contributed by atoms with Crippen LogP contribution in [0.15, 0.2) is 29.3 Å². The lowest BCUT2D eigenvalue weighted by Crippen LogP contribution is -2.41. The lowest BCUT2D eigenvalue weighted by atomic mass is 10.1. The number of nitrogens with one attached hydrogen (secondary N) is 3. The van der Waals surface area contributed by atoms with Crippen molar-refractivity contribution in [3.8, 4) is 0 Å². The molecule has 0 aliphatic carbocycles. The van der Waals surface area contributed by atoms with E-state index in [0.717, 1.165) is 24.5 Å². The van der Waals surface area contributed by atoms with Gasteiger partial charge in [0.1, 0.15) is 0 Å². The second kappa shape index (κ2) is 12.2. The summed E-state index contributed by atoms with van der Waals surface area (Å²) in [6.07, 6.45) is 1.05. The summed E-state index contributed by atoms with van der Waals surface area (Å²) in [5.74, 6) is 0.786. The Morgan fingerprint density at radius 3 is 2.22 bits per heavy atom. The van der Waals surface area contributed by atoms with E-state index in [2.05, 4.69) is 41.7 Å². The number of guanidine groups is 1. The van der Waals surface area contributed by atoms with Crippen LogP contribution >= 0.6 is 24.0 Å². The highest BCUT2D eigenvalue weighted by atomic mass is 127. The first-order valence-corrected chi connectivity index (χ1v) is 8.02. The predicted molar refractivity (Wildman–Crippen MR) is 108 cm³/mol. The number of benzene rings is 1. The van der Waals surface area contributed by atoms with Gasteiger partial charge in [0, 0.05) is 24.7 Å². The highest BCUT2D eigenvalue weighted by molar-refractivity contribution is 14.0. The highest BCUT2D eigenvalue weighted by Gasteiger charge is 2.04. The SMILES string of the molecule is CCNC(=O)c1ccc(CN=C(NCC)NC(C)CC)cc1.I. The van der Waals surface area contributed by atoms with Gasteiger partial charge in [-0.15, -0.1) is 24.0 Å². The van der Waals surface area contributed by atoms with Gasteiger partial charge in [-0.1, -0.05) is 19.1 Å². The van der Waals surface area contributed by atoms with E-state index in [4.69, 9.17) is 0 Å². The van der Waals surface area contributed by atoms with Gasteiger partial charge in [0.05, 0.1) is 6.54 Å². The Morgan fingerprint density at radius 1 is 1.09 bits per heavy atom. The quantitative estimate of drug-likeness (QED) is 0.353. The molecule has 0 saturated heterocycles. The number of rotatable bonds is 7. The van der Waals surface area contributed by atoms with Gasteiger partial charge in [-0.25, -0.2) is 4.99 Å². The molecule has 0 saturated carbocycles. The van der Waals surface area contributed by atoms with Crippen LogP contribution in [0.4, 0.5) is 0 Å². The van der Waals surface area contributed by atoms with Crippen LogP contribution in [0.25, 0.3) is 0 Å². The average Bonchev–Trinajstić information content (AvgIpc) is 2.53. The Balaban J connectivity index is 0.00000484. The smallest absolute Gasteiger partial charge is 0.251 e. The Kier molecular flexibility index (Phi) is 11.5. The van der Waals surface area contributed by atoms with Gasteiger partial charge in [0.25, 0.3) is 5.91 Å². The van der Waals surface area contributed by atoms with E-state index in [1.54, 1.807) is 0 Å². The lowest BCUT2D eigenvalue weighted by Gasteiger charge is -2.16. The molecule has 1 unspecified atom stereocenters. The van der Waals surface area contributed by atoms with E-state index in [-0.39, 0.29) is 29.9 Å². The number of aliphatic imine (C=N–C) groups is 1. The molecule has 1 aromatic carbocycles. The number of halogens is 1. The summed E-state index contributed by atoms with van der Waals surface area (Å²) >= 11 is 0. The molecule has 0 aliphatic heterocycles. The molecule has 23 heavy (non-hydrogen) atoms. The summed E-state index contributed by atoms with van der Waals surface area (Å²) in [4.78, 5) is 16.3. The molecule has 5 nitrogen and oxygen atoms in total. The fourth-order valence-electron chi connectivity index (χ4n) is 1.85. The molecule has 1 atom stereocenters. The van der Waals surface area contributed by atoms with Crippen LogP contribution < -0.4 is 16.0 Å². The zero-order chi connectivity index (χ0) is 16.4. The fraction of sp³-hybridized carbons (Fsp3) is 0.529. The van der Waals surface area contributed by atoms with Crippen LogP contribution in [0.3, 0.4) is 0 Å². The Labute approximate surface area is 156 Å². The summed E-state index contributed by atoms with van der Waals surface area (Å²) in [6.45, 7) is 10.3. The van der Waals surface area contributed by atoms with Crippen LogP contribution in [-0.2, 0) is 6.54 Å². The van der Waals surface area contributed by atoms with Crippen molar-refractivity contribution in [3.63, 3.8) is 0 Å². The number of amides is 1. The first-order chi connectivity index (χ1) is 10.6. The van der Waals surface area contributed by atoms with Crippen molar-refractivity contribution in [3.05, 3.63) is 35.4 Å². The van der Waals surface area contributed by atoms with Crippen molar-refractivity contribution >= 4 is 35.8 Å². The molecule has 130 valence electrons. The van der Waals surface area contributed by atoms with Crippen molar-refractivity contribution in [2.75, 3.05) is 13.1 Å². The summed E-state index contributed by atoms with van der Waals surface area (Å²) in [7, 11) is 0. The molecule has 0 spiro atoms. The minimum Gasteiger partial charge on any atom is -0.357 e. The zero-order valence-electron chi connectivity index (χ0n) is 14.5. The molecule has 1 aromatic rings. The van der Waals surface area contributed by atoms with Crippen LogP contribution in [0, 0.1) is 0 Å². The standard InChI is InChI=1S/C17H28N4O.HI/c1-5-13(4)21-17(19-7-3)20-12-14-8-10-15(11-9-14)16(22)18-6-2;/h8-11,13H,5-7,12H2,1-4H3,(H,18,22)(H2,19,20,21);1H. The van der Waals surface area contributed by atoms with Crippen molar-refractivity contribution in [1.29, 1.82) is 0 Å². The summed E-state index contributed by atoms with van der Waals surface area (Å²) < 4.78 is 0. The van der Waals surface area contributed by atoms with Gasteiger partial charge >= 0.3 is 0 Å². The van der Waals surface area contributed by atoms with E-state index >= 15 is 0 Å². The van der Waals surface area contributed by atoms with Crippen LogP contribution in [0.2, 0.25) is 0 Å². The Morgan fingerprint density at radius 2 is 1.70 bits per heavy atom. The Hall–Kier alpha value is -1.31. The monoisotopic (exact) mass is 432 g/mol. The van der Waals surface area contributed by atoms with Crippen LogP contribution in [0.5, 0.6) is 0 Å². The van der Waals surface area contributed by atoms with Crippen LogP contribution in [-0.4, -0.2) is 31.0 Å². The second-order valence-electron chi connectivity index (χ2n) is 5.21. The molecule has 0 fully saturated rings. The normalized spacial score (nSPS) is 12.1. The number of carbonyl (C=O) groups is 1. The zero-order valence-corrected chi connectivity index (χ0v) is 16.8. The number of carbonyl (C=O) groups excluding carboxylic acids is 1. The topological polar surface area (TPSA) is 65.5 Å². The molecule has 1 rings (SSSR count). The summed E-state index contributed by atoms with van der Waals surface area (Å²) in [5, 5.41) is 9.39. The van der Waals surface area contributed by atoms with Crippen LogP contribution in [0.1, 0.15) is 50.0 Å². The van der Waals surface area contributed by atoms with E-state index < -0.39 is 0 Å². The van der Waals surface area contributed by atoms with Gasteiger partial charge < -0.3 is 16.0 Å². The van der Waals surface area contributed by atoms with Crippen molar-refractivity contribution < 1.29 is 4.79 Å². The van der Waals surface area contributed by atoms with Gasteiger partial charge in [0.15, 0.2) is 5.96 Å². The second-order valence-corrected chi connectivity index (χ2v) is 5.21. The average molecular weight is 432 g/mol. The fourth-order valence-corrected chi connectivity index (χ4v) is 1.85. The Bertz CT molecular complexity index is 488. The predicted octanol–water partition coefficient (Wildman–Crippen LogP) is 2.91. The third-order valence-corrected chi connectivity index (χ3v) is 3.31. The summed E-state index contributed by atoms with van der Waals surface area (Å²) in [6, 6.07) is 7.95. The molecular weight excluding hydrogens is 403 g/mol. The third kappa shape index (κ3) is 8.20. The molecule has 6 heteroatoms. The number of hydrogen-bond acceptors (Lipinski definition) is 2. The molecular formula is C17H29IN4O. The molecule has 0 radical (unpaired) electrons. The van der Waals surface area contributed by atoms with Gasteiger partial charge in [-0.2, -0.15) is 0 Å². The van der Waals surface area contributed by atoms with Gasteiger partial charge in [-0.3, -0.25) is 4.79 Å². The van der Waals surface area contributed by atoms with E-state index in [9.17, 15) is 4.79 Å². The van der Waals surface area contributed by atoms with E-state index in [1.165, 1.54) is 0 Å². The largest absolute Gasteiger partial charge is 0.357 e. The maximum absolute atomic E-state index is 11.7. The molecule has 1 amide bonds. The van der Waals surface area contributed by atoms with E-state index in [0.29, 0.717) is 24.7 Å².